The first-order chi connectivity index (χ1) is 9.15. The fourth-order valence-corrected chi connectivity index (χ4v) is 2.31. The summed E-state index contributed by atoms with van der Waals surface area (Å²) < 4.78 is 12.9. The van der Waals surface area contributed by atoms with Crippen molar-refractivity contribution in [3.63, 3.8) is 0 Å². The average molecular weight is 262 g/mol. The van der Waals surface area contributed by atoms with Crippen molar-refractivity contribution < 1.29 is 14.3 Å². The van der Waals surface area contributed by atoms with Gasteiger partial charge in [-0.2, -0.15) is 0 Å². The van der Waals surface area contributed by atoms with Crippen LogP contribution in [0.3, 0.4) is 0 Å². The van der Waals surface area contributed by atoms with E-state index in [-0.39, 0.29) is 24.4 Å². The van der Waals surface area contributed by atoms with Crippen molar-refractivity contribution in [2.45, 2.75) is 38.7 Å². The van der Waals surface area contributed by atoms with Crippen LogP contribution in [0, 0.1) is 0 Å². The highest BCUT2D eigenvalue weighted by Gasteiger charge is 2.36. The van der Waals surface area contributed by atoms with Crippen LogP contribution in [0.15, 0.2) is 18.9 Å². The molecule has 3 atom stereocenters. The summed E-state index contributed by atoms with van der Waals surface area (Å²) in [5.41, 5.74) is 1.44. The molecule has 100 valence electrons. The summed E-state index contributed by atoms with van der Waals surface area (Å²) in [7, 11) is 0. The first-order valence-corrected chi connectivity index (χ1v) is 6.10. The van der Waals surface area contributed by atoms with Crippen LogP contribution in [0.1, 0.15) is 26.5 Å². The van der Waals surface area contributed by atoms with E-state index in [4.69, 9.17) is 9.47 Å². The molecule has 2 aromatic heterocycles. The number of rotatable bonds is 2. The van der Waals surface area contributed by atoms with Gasteiger partial charge in [-0.15, -0.1) is 0 Å². The van der Waals surface area contributed by atoms with Gasteiger partial charge in [0, 0.05) is 13.3 Å². The average Bonchev–Trinajstić information content (AvgIpc) is 2.93. The Morgan fingerprint density at radius 2 is 2.37 bits per heavy atom. The third-order valence-electron chi connectivity index (χ3n) is 3.20. The van der Waals surface area contributed by atoms with Gasteiger partial charge in [0.05, 0.1) is 18.6 Å². The molecule has 3 heterocycles. The van der Waals surface area contributed by atoms with E-state index in [1.807, 2.05) is 11.5 Å². The van der Waals surface area contributed by atoms with E-state index in [0.717, 1.165) is 11.2 Å². The summed E-state index contributed by atoms with van der Waals surface area (Å²) in [6.45, 7) is 3.29. The minimum absolute atomic E-state index is 0.145. The van der Waals surface area contributed by atoms with E-state index in [0.29, 0.717) is 6.42 Å². The Balaban J connectivity index is 1.86. The smallest absolute Gasteiger partial charge is 0.302 e. The fraction of sp³-hybridized carbons (Fsp3) is 0.500. The van der Waals surface area contributed by atoms with Crippen LogP contribution in [0.2, 0.25) is 0 Å². The van der Waals surface area contributed by atoms with E-state index in [2.05, 4.69) is 15.0 Å². The van der Waals surface area contributed by atoms with Gasteiger partial charge in [-0.3, -0.25) is 9.36 Å². The molecule has 0 unspecified atom stereocenters. The van der Waals surface area contributed by atoms with Crippen LogP contribution in [-0.4, -0.2) is 37.7 Å². The van der Waals surface area contributed by atoms with Crippen LogP contribution >= 0.6 is 0 Å². The van der Waals surface area contributed by atoms with Crippen LogP contribution in [0.25, 0.3) is 11.2 Å². The molecule has 7 heteroatoms. The highest BCUT2D eigenvalue weighted by Crippen LogP contribution is 2.32. The molecule has 1 saturated heterocycles. The Bertz CT molecular complexity index is 612. The number of ether oxygens (including phenoxy) is 2. The van der Waals surface area contributed by atoms with Crippen LogP contribution in [0.5, 0.6) is 0 Å². The van der Waals surface area contributed by atoms with E-state index in [9.17, 15) is 4.79 Å². The Kier molecular flexibility index (Phi) is 2.90. The number of fused-ring (bicyclic) bond motifs is 1. The normalized spacial score (nSPS) is 26.7. The number of nitrogens with zero attached hydrogens (tertiary/aromatic N) is 4. The molecule has 0 radical (unpaired) electrons. The maximum atomic E-state index is 11.0. The van der Waals surface area contributed by atoms with Crippen molar-refractivity contribution in [1.82, 2.24) is 19.5 Å². The number of esters is 1. The summed E-state index contributed by atoms with van der Waals surface area (Å²) in [6, 6.07) is 0. The molecule has 0 amide bonds. The molecule has 1 aliphatic rings. The van der Waals surface area contributed by atoms with E-state index in [1.54, 1.807) is 12.5 Å². The van der Waals surface area contributed by atoms with E-state index >= 15 is 0 Å². The predicted octanol–water partition coefficient (Wildman–Crippen LogP) is 1.07. The number of hydrogen-bond donors (Lipinski definition) is 0. The number of hydrogen-bond acceptors (Lipinski definition) is 6. The maximum Gasteiger partial charge on any atom is 0.302 e. The van der Waals surface area contributed by atoms with Crippen molar-refractivity contribution in [3.8, 4) is 0 Å². The molecule has 2 aromatic rings. The standard InChI is InChI=1S/C12H14N4O3/c1-7-10(19-8(2)17)3-11(18-7)16-6-15-9-4-13-5-14-12(9)16/h4-7,10-11H,3H2,1-2H3/t7-,10+,11-/m1/s1. The van der Waals surface area contributed by atoms with E-state index < -0.39 is 0 Å². The number of imidazole rings is 1. The van der Waals surface area contributed by atoms with Crippen LogP contribution in [-0.2, 0) is 14.3 Å². The van der Waals surface area contributed by atoms with Gasteiger partial charge >= 0.3 is 5.97 Å². The Morgan fingerprint density at radius 1 is 1.53 bits per heavy atom. The third-order valence-corrected chi connectivity index (χ3v) is 3.20. The summed E-state index contributed by atoms with van der Waals surface area (Å²) in [5.74, 6) is -0.293. The van der Waals surface area contributed by atoms with Crippen molar-refractivity contribution in [3.05, 3.63) is 18.9 Å². The highest BCUT2D eigenvalue weighted by molar-refractivity contribution is 5.69. The lowest BCUT2D eigenvalue weighted by Crippen LogP contribution is -2.23. The second-order valence-corrected chi connectivity index (χ2v) is 4.56. The molecule has 0 saturated carbocycles. The maximum absolute atomic E-state index is 11.0. The van der Waals surface area contributed by atoms with Crippen molar-refractivity contribution in [2.75, 3.05) is 0 Å². The van der Waals surface area contributed by atoms with Gasteiger partial charge in [-0.1, -0.05) is 0 Å². The molecule has 19 heavy (non-hydrogen) atoms. The lowest BCUT2D eigenvalue weighted by molar-refractivity contribution is -0.148. The minimum atomic E-state index is -0.293. The monoisotopic (exact) mass is 262 g/mol. The topological polar surface area (TPSA) is 79.1 Å². The number of aromatic nitrogens is 4. The first kappa shape index (κ1) is 12.0. The highest BCUT2D eigenvalue weighted by atomic mass is 16.6. The second kappa shape index (κ2) is 4.58. The quantitative estimate of drug-likeness (QED) is 0.753. The van der Waals surface area contributed by atoms with Crippen molar-refractivity contribution >= 4 is 17.1 Å². The zero-order valence-electron chi connectivity index (χ0n) is 10.7. The molecule has 3 rings (SSSR count). The van der Waals surface area contributed by atoms with Crippen molar-refractivity contribution in [1.29, 1.82) is 0 Å². The first-order valence-electron chi connectivity index (χ1n) is 6.10. The van der Waals surface area contributed by atoms with Gasteiger partial charge in [0.25, 0.3) is 0 Å². The lowest BCUT2D eigenvalue weighted by Gasteiger charge is -2.12. The van der Waals surface area contributed by atoms with Crippen LogP contribution in [0.4, 0.5) is 0 Å². The van der Waals surface area contributed by atoms with Gasteiger partial charge in [-0.25, -0.2) is 15.0 Å². The summed E-state index contributed by atoms with van der Waals surface area (Å²) >= 11 is 0. The Labute approximate surface area is 109 Å². The molecule has 0 bridgehead atoms. The molecular weight excluding hydrogens is 248 g/mol. The molecule has 0 aromatic carbocycles. The SMILES string of the molecule is CC(=O)O[C@H]1C[C@H](n2cnc3cncnc32)O[C@@H]1C. The van der Waals surface area contributed by atoms with Gasteiger partial charge in [0.1, 0.15) is 24.2 Å². The predicted molar refractivity (Wildman–Crippen MR) is 65.1 cm³/mol. The molecular formula is C12H14N4O3. The lowest BCUT2D eigenvalue weighted by atomic mass is 10.2. The van der Waals surface area contributed by atoms with Gasteiger partial charge in [0.15, 0.2) is 5.65 Å². The van der Waals surface area contributed by atoms with Crippen molar-refractivity contribution in [2.24, 2.45) is 0 Å². The Morgan fingerprint density at radius 3 is 3.16 bits per heavy atom. The van der Waals surface area contributed by atoms with Gasteiger partial charge < -0.3 is 9.47 Å². The molecule has 7 nitrogen and oxygen atoms in total. The second-order valence-electron chi connectivity index (χ2n) is 4.56. The largest absolute Gasteiger partial charge is 0.460 e. The molecule has 0 aliphatic carbocycles. The minimum Gasteiger partial charge on any atom is -0.460 e. The number of carbonyl (C=O) groups is 1. The van der Waals surface area contributed by atoms with Crippen LogP contribution < -0.4 is 0 Å². The molecule has 1 fully saturated rings. The van der Waals surface area contributed by atoms with Gasteiger partial charge in [-0.05, 0) is 6.92 Å². The number of carbonyl (C=O) groups excluding carboxylic acids is 1. The third kappa shape index (κ3) is 2.17. The molecule has 1 aliphatic heterocycles. The molecule has 0 N–H and O–H groups in total. The Hall–Kier alpha value is -2.02. The summed E-state index contributed by atoms with van der Waals surface area (Å²) in [6.07, 6.45) is 4.79. The summed E-state index contributed by atoms with van der Waals surface area (Å²) in [5, 5.41) is 0. The zero-order valence-corrected chi connectivity index (χ0v) is 10.7. The fourth-order valence-electron chi connectivity index (χ4n) is 2.31. The van der Waals surface area contributed by atoms with Gasteiger partial charge in [0.2, 0.25) is 0 Å². The summed E-state index contributed by atoms with van der Waals surface area (Å²) in [4.78, 5) is 23.4. The zero-order chi connectivity index (χ0) is 13.4. The van der Waals surface area contributed by atoms with E-state index in [1.165, 1.54) is 13.3 Å². The molecule has 0 spiro atoms.